The highest BCUT2D eigenvalue weighted by Crippen LogP contribution is 2.31. The zero-order valence-electron chi connectivity index (χ0n) is 6.45. The molecule has 12 heavy (non-hydrogen) atoms. The van der Waals surface area contributed by atoms with Gasteiger partial charge in [-0.3, -0.25) is 0 Å². The van der Waals surface area contributed by atoms with Crippen LogP contribution in [0.15, 0.2) is 18.2 Å². The molecule has 0 unspecified atom stereocenters. The maximum Gasteiger partial charge on any atom is 0.125 e. The van der Waals surface area contributed by atoms with Crippen molar-refractivity contribution >= 4 is 0 Å². The second-order valence-electron chi connectivity index (χ2n) is 2.78. The van der Waals surface area contributed by atoms with Crippen LogP contribution in [0, 0.1) is 11.3 Å². The highest BCUT2D eigenvalue weighted by atomic mass is 16.5. The Morgan fingerprint density at radius 2 is 2.42 bits per heavy atom. The average Bonchev–Trinajstić information content (AvgIpc) is 2.47. The first-order valence-electron chi connectivity index (χ1n) is 3.73. The van der Waals surface area contributed by atoms with Crippen LogP contribution in [0.3, 0.4) is 0 Å². The average molecular weight is 160 g/mol. The highest BCUT2D eigenvalue weighted by molar-refractivity contribution is 5.45. The van der Waals surface area contributed by atoms with Crippen LogP contribution in [0.5, 0.6) is 5.75 Å². The van der Waals surface area contributed by atoms with E-state index in [0.717, 1.165) is 11.3 Å². The van der Waals surface area contributed by atoms with E-state index >= 15 is 0 Å². The van der Waals surface area contributed by atoms with Crippen LogP contribution in [0.1, 0.15) is 17.2 Å². The summed E-state index contributed by atoms with van der Waals surface area (Å²) in [7, 11) is 0. The number of nitrogens with zero attached hydrogens (tertiary/aromatic N) is 1. The second-order valence-corrected chi connectivity index (χ2v) is 2.78. The zero-order valence-corrected chi connectivity index (χ0v) is 6.45. The predicted octanol–water partition coefficient (Wildman–Crippen LogP) is 0.950. The van der Waals surface area contributed by atoms with Crippen molar-refractivity contribution in [2.45, 2.75) is 6.04 Å². The standard InChI is InChI=1S/C9H8N2O/c10-4-6-1-2-7-8(11)5-12-9(7)3-6/h1-3,8H,5,11H2/t8-/m0/s1. The molecule has 2 N–H and O–H groups in total. The lowest BCUT2D eigenvalue weighted by molar-refractivity contribution is 0.333. The molecule has 1 atom stereocenters. The summed E-state index contributed by atoms with van der Waals surface area (Å²) in [6, 6.07) is 7.35. The molecule has 3 nitrogen and oxygen atoms in total. The van der Waals surface area contributed by atoms with E-state index in [9.17, 15) is 0 Å². The molecule has 3 heteroatoms. The summed E-state index contributed by atoms with van der Waals surface area (Å²) in [4.78, 5) is 0. The van der Waals surface area contributed by atoms with Gasteiger partial charge in [-0.2, -0.15) is 5.26 Å². The molecule has 1 aliphatic rings. The minimum atomic E-state index is -0.0345. The van der Waals surface area contributed by atoms with Crippen LogP contribution in [-0.4, -0.2) is 6.61 Å². The number of rotatable bonds is 0. The van der Waals surface area contributed by atoms with Crippen molar-refractivity contribution in [2.75, 3.05) is 6.61 Å². The fourth-order valence-electron chi connectivity index (χ4n) is 1.30. The van der Waals surface area contributed by atoms with Gasteiger partial charge in [0.05, 0.1) is 17.7 Å². The van der Waals surface area contributed by atoms with Crippen molar-refractivity contribution in [1.29, 1.82) is 5.26 Å². The van der Waals surface area contributed by atoms with Gasteiger partial charge in [0, 0.05) is 5.56 Å². The molecule has 0 saturated carbocycles. The molecule has 0 amide bonds. The highest BCUT2D eigenvalue weighted by Gasteiger charge is 2.20. The topological polar surface area (TPSA) is 59.0 Å². The molecule has 60 valence electrons. The van der Waals surface area contributed by atoms with E-state index < -0.39 is 0 Å². The largest absolute Gasteiger partial charge is 0.491 e. The molecule has 2 rings (SSSR count). The van der Waals surface area contributed by atoms with E-state index in [1.165, 1.54) is 0 Å². The molecule has 0 radical (unpaired) electrons. The Bertz CT molecular complexity index is 354. The third-order valence-electron chi connectivity index (χ3n) is 1.96. The summed E-state index contributed by atoms with van der Waals surface area (Å²) in [6.45, 7) is 0.518. The maximum atomic E-state index is 8.60. The van der Waals surface area contributed by atoms with Crippen LogP contribution >= 0.6 is 0 Å². The smallest absolute Gasteiger partial charge is 0.125 e. The third kappa shape index (κ3) is 0.936. The van der Waals surface area contributed by atoms with Crippen LogP contribution in [0.2, 0.25) is 0 Å². The molecule has 1 aliphatic heterocycles. The molecule has 0 fully saturated rings. The monoisotopic (exact) mass is 160 g/mol. The molecule has 0 aliphatic carbocycles. The maximum absolute atomic E-state index is 8.60. The quantitative estimate of drug-likeness (QED) is 0.614. The fraction of sp³-hybridized carbons (Fsp3) is 0.222. The van der Waals surface area contributed by atoms with Crippen molar-refractivity contribution in [2.24, 2.45) is 5.73 Å². The van der Waals surface area contributed by atoms with Gasteiger partial charge in [0.15, 0.2) is 0 Å². The normalized spacial score (nSPS) is 19.5. The molecule has 1 heterocycles. The van der Waals surface area contributed by atoms with Gasteiger partial charge in [0.1, 0.15) is 12.4 Å². The lowest BCUT2D eigenvalue weighted by Crippen LogP contribution is -2.10. The molecule has 0 spiro atoms. The summed E-state index contributed by atoms with van der Waals surface area (Å²) < 4.78 is 5.28. The Labute approximate surface area is 70.4 Å². The molecule has 1 aromatic rings. The summed E-state index contributed by atoms with van der Waals surface area (Å²) in [5.41, 5.74) is 7.34. The van der Waals surface area contributed by atoms with Gasteiger partial charge in [-0.1, -0.05) is 6.07 Å². The van der Waals surface area contributed by atoms with Gasteiger partial charge in [-0.25, -0.2) is 0 Å². The summed E-state index contributed by atoms with van der Waals surface area (Å²) in [5, 5.41) is 8.60. The van der Waals surface area contributed by atoms with Crippen molar-refractivity contribution in [3.63, 3.8) is 0 Å². The Morgan fingerprint density at radius 1 is 1.58 bits per heavy atom. The van der Waals surface area contributed by atoms with E-state index in [2.05, 4.69) is 6.07 Å². The Hall–Kier alpha value is -1.53. The molecule has 1 aromatic carbocycles. The molecule has 0 bridgehead atoms. The third-order valence-corrected chi connectivity index (χ3v) is 1.96. The van der Waals surface area contributed by atoms with Crippen molar-refractivity contribution in [1.82, 2.24) is 0 Å². The number of fused-ring (bicyclic) bond motifs is 1. The number of ether oxygens (including phenoxy) is 1. The van der Waals surface area contributed by atoms with Crippen LogP contribution in [0.25, 0.3) is 0 Å². The van der Waals surface area contributed by atoms with Gasteiger partial charge in [-0.15, -0.1) is 0 Å². The number of benzene rings is 1. The van der Waals surface area contributed by atoms with E-state index in [0.29, 0.717) is 12.2 Å². The van der Waals surface area contributed by atoms with Gasteiger partial charge in [0.25, 0.3) is 0 Å². The first kappa shape index (κ1) is 7.14. The van der Waals surface area contributed by atoms with E-state index in [1.807, 2.05) is 6.07 Å². The van der Waals surface area contributed by atoms with Crippen molar-refractivity contribution < 1.29 is 4.74 Å². The van der Waals surface area contributed by atoms with E-state index in [-0.39, 0.29) is 6.04 Å². The lowest BCUT2D eigenvalue weighted by Gasteiger charge is -1.98. The minimum absolute atomic E-state index is 0.0345. The van der Waals surface area contributed by atoms with Gasteiger partial charge < -0.3 is 10.5 Å². The minimum Gasteiger partial charge on any atom is -0.491 e. The van der Waals surface area contributed by atoms with Gasteiger partial charge in [0.2, 0.25) is 0 Å². The van der Waals surface area contributed by atoms with Crippen LogP contribution < -0.4 is 10.5 Å². The second kappa shape index (κ2) is 2.50. The molecular formula is C9H8N2O. The zero-order chi connectivity index (χ0) is 8.55. The number of hydrogen-bond acceptors (Lipinski definition) is 3. The predicted molar refractivity (Wildman–Crippen MR) is 43.6 cm³/mol. The van der Waals surface area contributed by atoms with Crippen molar-refractivity contribution in [3.05, 3.63) is 29.3 Å². The summed E-state index contributed by atoms with van der Waals surface area (Å²) in [5.74, 6) is 0.751. The number of nitrogens with two attached hydrogens (primary N) is 1. The van der Waals surface area contributed by atoms with Crippen LogP contribution in [0.4, 0.5) is 0 Å². The SMILES string of the molecule is N#Cc1ccc2c(c1)OC[C@@H]2N. The Morgan fingerprint density at radius 3 is 3.17 bits per heavy atom. The summed E-state index contributed by atoms with van der Waals surface area (Å²) in [6.07, 6.45) is 0. The molecular weight excluding hydrogens is 152 g/mol. The lowest BCUT2D eigenvalue weighted by atomic mass is 10.1. The Balaban J connectivity index is 2.50. The summed E-state index contributed by atoms with van der Waals surface area (Å²) >= 11 is 0. The van der Waals surface area contributed by atoms with Gasteiger partial charge in [-0.05, 0) is 12.1 Å². The van der Waals surface area contributed by atoms with Crippen molar-refractivity contribution in [3.8, 4) is 11.8 Å². The molecule has 0 saturated heterocycles. The fourth-order valence-corrected chi connectivity index (χ4v) is 1.30. The first-order valence-corrected chi connectivity index (χ1v) is 3.73. The van der Waals surface area contributed by atoms with Gasteiger partial charge >= 0.3 is 0 Å². The number of hydrogen-bond donors (Lipinski definition) is 1. The van der Waals surface area contributed by atoms with E-state index in [4.69, 9.17) is 15.7 Å². The molecule has 0 aromatic heterocycles. The van der Waals surface area contributed by atoms with E-state index in [1.54, 1.807) is 12.1 Å². The first-order chi connectivity index (χ1) is 5.81. The Kier molecular flexibility index (Phi) is 1.49. The number of nitriles is 1. The van der Waals surface area contributed by atoms with Crippen LogP contribution in [-0.2, 0) is 0 Å².